The van der Waals surface area contributed by atoms with E-state index in [0.29, 0.717) is 23.2 Å². The molecule has 0 unspecified atom stereocenters. The van der Waals surface area contributed by atoms with Crippen LogP contribution >= 0.6 is 0 Å². The molecule has 0 aromatic heterocycles. The van der Waals surface area contributed by atoms with Crippen LogP contribution in [0, 0.1) is 11.8 Å². The third-order valence-corrected chi connectivity index (χ3v) is 6.09. The van der Waals surface area contributed by atoms with E-state index < -0.39 is 18.1 Å². The predicted molar refractivity (Wildman–Crippen MR) is 117 cm³/mol. The van der Waals surface area contributed by atoms with E-state index in [2.05, 4.69) is 23.5 Å². The van der Waals surface area contributed by atoms with Crippen LogP contribution in [0.1, 0.15) is 61.4 Å². The van der Waals surface area contributed by atoms with Crippen molar-refractivity contribution in [3.8, 4) is 0 Å². The smallest absolute Gasteiger partial charge is 0.414 e. The third-order valence-electron chi connectivity index (χ3n) is 6.09. The van der Waals surface area contributed by atoms with Crippen LogP contribution in [0.5, 0.6) is 0 Å². The maximum absolute atomic E-state index is 13.6. The molecule has 31 heavy (non-hydrogen) atoms. The first-order chi connectivity index (χ1) is 15.0. The first-order valence-electron chi connectivity index (χ1n) is 10.8. The summed E-state index contributed by atoms with van der Waals surface area (Å²) in [4.78, 5) is 43.4. The number of ether oxygens (including phenoxy) is 1. The predicted octanol–water partition coefficient (Wildman–Crippen LogP) is 5.37. The van der Waals surface area contributed by atoms with Crippen LogP contribution in [0.3, 0.4) is 0 Å². The normalized spacial score (nSPS) is 22.2. The number of rotatable bonds is 8. The lowest BCUT2D eigenvalue weighted by Gasteiger charge is -2.46. The Hall–Kier alpha value is -3.12. The zero-order valence-corrected chi connectivity index (χ0v) is 17.8. The lowest BCUT2D eigenvalue weighted by molar-refractivity contribution is -0.122. The molecule has 1 amide bonds. The lowest BCUT2D eigenvalue weighted by Crippen LogP contribution is -2.56. The number of ketones is 2. The number of carbonyl (C=O) groups is 3. The van der Waals surface area contributed by atoms with Gasteiger partial charge in [-0.25, -0.2) is 4.79 Å². The highest BCUT2D eigenvalue weighted by Gasteiger charge is 2.50. The first-order valence-corrected chi connectivity index (χ1v) is 10.8. The summed E-state index contributed by atoms with van der Waals surface area (Å²) >= 11 is 0. The number of hydrogen-bond donors (Lipinski definition) is 0. The summed E-state index contributed by atoms with van der Waals surface area (Å²) in [5.41, 5.74) is 10.2. The number of azide groups is 1. The number of nitrogens with zero attached hydrogens (tertiary/aromatic N) is 4. The molecule has 3 atom stereocenters. The summed E-state index contributed by atoms with van der Waals surface area (Å²) in [5, 5.41) is 3.58. The minimum atomic E-state index is -0.589. The summed E-state index contributed by atoms with van der Waals surface area (Å²) in [7, 11) is 0. The standard InChI is InChI=1S/C23H28N4O4/c1-3-5-6-7-16-12-17(28)13-20-21(16)22(29)18-11-15(14-25-26-24)8-9-19(18)27(20)23(30)31-10-4-2/h4,8-9,11,16,20-21H,2-3,5-7,10,12-14H2,1H3/t16-,20+,21-/m0/s1. The van der Waals surface area contributed by atoms with E-state index in [1.54, 1.807) is 18.2 Å². The highest BCUT2D eigenvalue weighted by molar-refractivity contribution is 6.11. The zero-order chi connectivity index (χ0) is 22.4. The summed E-state index contributed by atoms with van der Waals surface area (Å²) in [6.45, 7) is 5.84. The molecule has 0 N–H and O–H groups in total. The lowest BCUT2D eigenvalue weighted by atomic mass is 9.67. The Morgan fingerprint density at radius 2 is 2.16 bits per heavy atom. The van der Waals surface area contributed by atoms with Gasteiger partial charge in [0.25, 0.3) is 0 Å². The molecule has 1 fully saturated rings. The molecule has 1 aliphatic heterocycles. The summed E-state index contributed by atoms with van der Waals surface area (Å²) in [5.74, 6) is -0.535. The van der Waals surface area contributed by atoms with Crippen LogP contribution in [-0.2, 0) is 16.1 Å². The van der Waals surface area contributed by atoms with Crippen molar-refractivity contribution in [1.82, 2.24) is 0 Å². The molecule has 1 aliphatic carbocycles. The Balaban J connectivity index is 2.05. The first kappa shape index (κ1) is 22.6. The van der Waals surface area contributed by atoms with Gasteiger partial charge in [-0.15, -0.1) is 0 Å². The van der Waals surface area contributed by atoms with Gasteiger partial charge in [0, 0.05) is 29.2 Å². The number of amides is 1. The van der Waals surface area contributed by atoms with Crippen LogP contribution in [0.15, 0.2) is 36.0 Å². The minimum absolute atomic E-state index is 0.0405. The molecule has 0 bridgehead atoms. The van der Waals surface area contributed by atoms with Crippen molar-refractivity contribution in [2.75, 3.05) is 11.5 Å². The zero-order valence-electron chi connectivity index (χ0n) is 17.8. The molecular formula is C23H28N4O4. The second kappa shape index (κ2) is 10.3. The molecule has 8 nitrogen and oxygen atoms in total. The Morgan fingerprint density at radius 1 is 1.35 bits per heavy atom. The van der Waals surface area contributed by atoms with Crippen molar-refractivity contribution < 1.29 is 19.1 Å². The van der Waals surface area contributed by atoms with Gasteiger partial charge in [0.2, 0.25) is 0 Å². The third kappa shape index (κ3) is 4.80. The Labute approximate surface area is 181 Å². The van der Waals surface area contributed by atoms with Crippen molar-refractivity contribution in [3.63, 3.8) is 0 Å². The number of carbonyl (C=O) groups excluding carboxylic acids is 3. The molecule has 1 saturated carbocycles. The molecule has 3 rings (SSSR count). The van der Waals surface area contributed by atoms with Crippen molar-refractivity contribution in [2.24, 2.45) is 17.0 Å². The summed E-state index contributed by atoms with van der Waals surface area (Å²) in [6.07, 6.45) is 5.19. The van der Waals surface area contributed by atoms with Crippen molar-refractivity contribution in [1.29, 1.82) is 0 Å². The Kier molecular flexibility index (Phi) is 7.47. The van der Waals surface area contributed by atoms with Gasteiger partial charge in [-0.1, -0.05) is 50.0 Å². The second-order valence-electron chi connectivity index (χ2n) is 8.14. The fourth-order valence-electron chi connectivity index (χ4n) is 4.75. The van der Waals surface area contributed by atoms with Crippen LogP contribution in [-0.4, -0.2) is 30.3 Å². The number of Topliss-reactive ketones (excluding diaryl/α,β-unsaturated/α-hetero) is 2. The van der Waals surface area contributed by atoms with Crippen LogP contribution in [0.25, 0.3) is 10.4 Å². The molecule has 0 saturated heterocycles. The average Bonchev–Trinajstić information content (AvgIpc) is 2.76. The van der Waals surface area contributed by atoms with Crippen LogP contribution < -0.4 is 4.90 Å². The molecule has 1 aromatic carbocycles. The van der Waals surface area contributed by atoms with E-state index in [9.17, 15) is 14.4 Å². The quantitative estimate of drug-likeness (QED) is 0.184. The van der Waals surface area contributed by atoms with Gasteiger partial charge in [0.1, 0.15) is 12.4 Å². The largest absolute Gasteiger partial charge is 0.445 e. The maximum Gasteiger partial charge on any atom is 0.414 e. The summed E-state index contributed by atoms with van der Waals surface area (Å²) < 4.78 is 5.32. The van der Waals surface area contributed by atoms with Crippen molar-refractivity contribution in [3.05, 3.63) is 52.4 Å². The molecule has 2 aliphatic rings. The highest BCUT2D eigenvalue weighted by Crippen LogP contribution is 2.44. The monoisotopic (exact) mass is 424 g/mol. The van der Waals surface area contributed by atoms with Crippen LogP contribution in [0.2, 0.25) is 0 Å². The Morgan fingerprint density at radius 3 is 2.87 bits per heavy atom. The minimum Gasteiger partial charge on any atom is -0.445 e. The van der Waals surface area contributed by atoms with Gasteiger partial charge in [-0.2, -0.15) is 0 Å². The SMILES string of the molecule is C=CCOC(=O)N1c2ccc(CN=[N+]=[N-])cc2C(=O)[C@H]2[C@@H](CCCCC)CC(=O)C[C@H]21. The second-order valence-corrected chi connectivity index (χ2v) is 8.14. The van der Waals surface area contributed by atoms with Crippen molar-refractivity contribution >= 4 is 23.3 Å². The number of unbranched alkanes of at least 4 members (excludes halogenated alkanes) is 2. The van der Waals surface area contributed by atoms with E-state index in [4.69, 9.17) is 10.3 Å². The molecule has 1 aromatic rings. The van der Waals surface area contributed by atoms with E-state index in [0.717, 1.165) is 25.7 Å². The van der Waals surface area contributed by atoms with E-state index in [1.807, 2.05) is 0 Å². The fraction of sp³-hybridized carbons (Fsp3) is 0.522. The van der Waals surface area contributed by atoms with Gasteiger partial charge >= 0.3 is 6.09 Å². The molecule has 8 heteroatoms. The van der Waals surface area contributed by atoms with Gasteiger partial charge in [0.15, 0.2) is 5.78 Å². The fourth-order valence-corrected chi connectivity index (χ4v) is 4.75. The van der Waals surface area contributed by atoms with Gasteiger partial charge in [0.05, 0.1) is 18.3 Å². The number of anilines is 1. The topological polar surface area (TPSA) is 112 Å². The van der Waals surface area contributed by atoms with Crippen molar-refractivity contribution in [2.45, 2.75) is 58.0 Å². The number of benzene rings is 1. The van der Waals surface area contributed by atoms with E-state index >= 15 is 0 Å². The molecule has 1 heterocycles. The van der Waals surface area contributed by atoms with Gasteiger partial charge in [-0.3, -0.25) is 14.5 Å². The number of hydrogen-bond acceptors (Lipinski definition) is 5. The molecule has 0 radical (unpaired) electrons. The highest BCUT2D eigenvalue weighted by atomic mass is 16.6. The van der Waals surface area contributed by atoms with E-state index in [-0.39, 0.29) is 37.1 Å². The maximum atomic E-state index is 13.6. The average molecular weight is 425 g/mol. The van der Waals surface area contributed by atoms with E-state index in [1.165, 1.54) is 11.0 Å². The molecule has 164 valence electrons. The van der Waals surface area contributed by atoms with Gasteiger partial charge in [-0.05, 0) is 35.6 Å². The summed E-state index contributed by atoms with van der Waals surface area (Å²) in [6, 6.07) is 4.54. The van der Waals surface area contributed by atoms with Gasteiger partial charge < -0.3 is 4.74 Å². The Bertz CT molecular complexity index is 922. The van der Waals surface area contributed by atoms with Crippen LogP contribution in [0.4, 0.5) is 10.5 Å². The molecule has 0 spiro atoms. The molecular weight excluding hydrogens is 396 g/mol. The number of fused-ring (bicyclic) bond motifs is 2.